The molecule has 3 rings (SSSR count). The second-order valence-electron chi connectivity index (χ2n) is 8.05. The molecule has 9 heteroatoms. The van der Waals surface area contributed by atoms with E-state index in [9.17, 15) is 14.4 Å². The Morgan fingerprint density at radius 3 is 2.16 bits per heavy atom. The van der Waals surface area contributed by atoms with Crippen molar-refractivity contribution in [1.82, 2.24) is 5.43 Å². The highest BCUT2D eigenvalue weighted by atomic mass is 16.5. The van der Waals surface area contributed by atoms with Crippen molar-refractivity contribution in [2.45, 2.75) is 27.2 Å². The van der Waals surface area contributed by atoms with Crippen LogP contribution in [-0.2, 0) is 20.8 Å². The van der Waals surface area contributed by atoms with Gasteiger partial charge in [0.05, 0.1) is 12.8 Å². The number of anilines is 2. The number of ether oxygens (including phenoxy) is 2. The Morgan fingerprint density at radius 1 is 0.811 bits per heavy atom. The van der Waals surface area contributed by atoms with E-state index in [1.807, 2.05) is 57.2 Å². The summed E-state index contributed by atoms with van der Waals surface area (Å²) in [6, 6.07) is 19.7. The molecule has 0 radical (unpaired) electrons. The van der Waals surface area contributed by atoms with Crippen molar-refractivity contribution in [3.8, 4) is 11.5 Å². The number of hydrazone groups is 1. The number of hydrogen-bond acceptors (Lipinski definition) is 6. The van der Waals surface area contributed by atoms with Gasteiger partial charge in [-0.2, -0.15) is 5.10 Å². The molecular formula is C28H30N4O5. The summed E-state index contributed by atoms with van der Waals surface area (Å²) in [6.45, 7) is 6.00. The molecule has 3 N–H and O–H groups in total. The molecule has 0 saturated carbocycles. The third-order valence-corrected chi connectivity index (χ3v) is 5.17. The molecule has 0 aromatic heterocycles. The number of benzene rings is 3. The van der Waals surface area contributed by atoms with Crippen LogP contribution in [0.3, 0.4) is 0 Å². The van der Waals surface area contributed by atoms with Crippen molar-refractivity contribution in [2.75, 3.05) is 23.8 Å². The first kappa shape index (κ1) is 26.9. The lowest BCUT2D eigenvalue weighted by Gasteiger charge is -2.12. The molecule has 0 heterocycles. The fourth-order valence-corrected chi connectivity index (χ4v) is 3.20. The van der Waals surface area contributed by atoms with E-state index in [0.29, 0.717) is 35.0 Å². The average Bonchev–Trinajstić information content (AvgIpc) is 2.90. The van der Waals surface area contributed by atoms with Gasteiger partial charge < -0.3 is 20.1 Å². The van der Waals surface area contributed by atoms with Crippen LogP contribution >= 0.6 is 0 Å². The molecule has 0 atom stereocenters. The molecule has 0 bridgehead atoms. The minimum absolute atomic E-state index is 0.201. The fraction of sp³-hybridized carbons (Fsp3) is 0.214. The number of rotatable bonds is 10. The number of hydrogen-bond donors (Lipinski definition) is 3. The van der Waals surface area contributed by atoms with Gasteiger partial charge in [-0.3, -0.25) is 14.4 Å². The maximum Gasteiger partial charge on any atom is 0.329 e. The predicted octanol–water partition coefficient (Wildman–Crippen LogP) is 4.06. The Balaban J connectivity index is 1.54. The molecule has 0 aliphatic heterocycles. The summed E-state index contributed by atoms with van der Waals surface area (Å²) in [4.78, 5) is 36.4. The minimum Gasteiger partial charge on any atom is -0.490 e. The number of carbonyl (C=O) groups is 3. The van der Waals surface area contributed by atoms with Gasteiger partial charge in [0.1, 0.15) is 0 Å². The second-order valence-corrected chi connectivity index (χ2v) is 8.05. The summed E-state index contributed by atoms with van der Waals surface area (Å²) < 4.78 is 11.3. The summed E-state index contributed by atoms with van der Waals surface area (Å²) in [7, 11) is 0. The van der Waals surface area contributed by atoms with Crippen LogP contribution < -0.4 is 25.5 Å². The second kappa shape index (κ2) is 13.4. The van der Waals surface area contributed by atoms with Gasteiger partial charge in [-0.25, -0.2) is 5.43 Å². The monoisotopic (exact) mass is 502 g/mol. The van der Waals surface area contributed by atoms with E-state index in [4.69, 9.17) is 9.47 Å². The van der Waals surface area contributed by atoms with E-state index in [0.717, 1.165) is 17.5 Å². The first-order valence-corrected chi connectivity index (χ1v) is 11.9. The number of nitrogens with one attached hydrogen (secondary N) is 3. The third kappa shape index (κ3) is 8.50. The van der Waals surface area contributed by atoms with Crippen molar-refractivity contribution in [3.63, 3.8) is 0 Å². The minimum atomic E-state index is -0.902. The zero-order chi connectivity index (χ0) is 26.6. The standard InChI is InChI=1S/C28H30N4O5/c1-4-20-8-13-23(14-9-20)31-27(34)28(35)32-29-17-21-10-15-24(25(16-21)36-5-2)37-18-26(33)30-22-11-6-19(3)7-12-22/h6-17H,4-5,18H2,1-3H3,(H,30,33)(H,31,34)(H,32,35)/b29-17-. The van der Waals surface area contributed by atoms with E-state index in [-0.39, 0.29) is 12.5 Å². The van der Waals surface area contributed by atoms with Gasteiger partial charge in [-0.05, 0) is 73.9 Å². The van der Waals surface area contributed by atoms with Crippen LogP contribution in [0.15, 0.2) is 71.8 Å². The van der Waals surface area contributed by atoms with Gasteiger partial charge in [0.25, 0.3) is 5.91 Å². The number of amides is 3. The van der Waals surface area contributed by atoms with Crippen LogP contribution in [0.2, 0.25) is 0 Å². The Kier molecular flexibility index (Phi) is 9.78. The van der Waals surface area contributed by atoms with Crippen LogP contribution in [0.25, 0.3) is 0 Å². The molecule has 3 aromatic rings. The van der Waals surface area contributed by atoms with Crippen LogP contribution in [0.4, 0.5) is 11.4 Å². The molecule has 3 aromatic carbocycles. The highest BCUT2D eigenvalue weighted by Gasteiger charge is 2.13. The van der Waals surface area contributed by atoms with Gasteiger partial charge >= 0.3 is 11.8 Å². The van der Waals surface area contributed by atoms with E-state index >= 15 is 0 Å². The molecule has 37 heavy (non-hydrogen) atoms. The lowest BCUT2D eigenvalue weighted by molar-refractivity contribution is -0.136. The van der Waals surface area contributed by atoms with Crippen molar-refractivity contribution in [1.29, 1.82) is 0 Å². The summed E-state index contributed by atoms with van der Waals surface area (Å²) in [6.07, 6.45) is 2.25. The Hall–Kier alpha value is -4.66. The van der Waals surface area contributed by atoms with Gasteiger partial charge in [0.15, 0.2) is 18.1 Å². The van der Waals surface area contributed by atoms with Crippen molar-refractivity contribution < 1.29 is 23.9 Å². The first-order chi connectivity index (χ1) is 17.9. The van der Waals surface area contributed by atoms with Gasteiger partial charge in [0.2, 0.25) is 0 Å². The van der Waals surface area contributed by atoms with Gasteiger partial charge in [-0.1, -0.05) is 36.8 Å². The van der Waals surface area contributed by atoms with Crippen LogP contribution in [0.1, 0.15) is 30.5 Å². The van der Waals surface area contributed by atoms with Gasteiger partial charge in [0, 0.05) is 11.4 Å². The molecule has 0 spiro atoms. The van der Waals surface area contributed by atoms with E-state index < -0.39 is 11.8 Å². The van der Waals surface area contributed by atoms with Gasteiger partial charge in [-0.15, -0.1) is 0 Å². The Labute approximate surface area is 215 Å². The van der Waals surface area contributed by atoms with Crippen molar-refractivity contribution >= 4 is 35.3 Å². The van der Waals surface area contributed by atoms with Crippen molar-refractivity contribution in [2.24, 2.45) is 5.10 Å². The molecule has 0 aliphatic rings. The number of aryl methyl sites for hydroxylation is 2. The smallest absolute Gasteiger partial charge is 0.329 e. The van der Waals surface area contributed by atoms with Crippen LogP contribution in [-0.4, -0.2) is 37.1 Å². The maximum absolute atomic E-state index is 12.2. The fourth-order valence-electron chi connectivity index (χ4n) is 3.20. The lowest BCUT2D eigenvalue weighted by Crippen LogP contribution is -2.32. The molecule has 0 unspecified atom stereocenters. The van der Waals surface area contributed by atoms with E-state index in [1.54, 1.807) is 30.3 Å². The van der Waals surface area contributed by atoms with Crippen LogP contribution in [0, 0.1) is 6.92 Å². The summed E-state index contributed by atoms with van der Waals surface area (Å²) >= 11 is 0. The highest BCUT2D eigenvalue weighted by molar-refractivity contribution is 6.39. The quantitative estimate of drug-likeness (QED) is 0.220. The Bertz CT molecular complexity index is 1250. The molecule has 0 fully saturated rings. The van der Waals surface area contributed by atoms with E-state index in [1.165, 1.54) is 6.21 Å². The maximum atomic E-state index is 12.2. The molecule has 3 amide bonds. The van der Waals surface area contributed by atoms with Crippen molar-refractivity contribution in [3.05, 3.63) is 83.4 Å². The third-order valence-electron chi connectivity index (χ3n) is 5.17. The molecule has 192 valence electrons. The normalized spacial score (nSPS) is 10.6. The molecular weight excluding hydrogens is 472 g/mol. The molecule has 9 nitrogen and oxygen atoms in total. The van der Waals surface area contributed by atoms with Crippen LogP contribution in [0.5, 0.6) is 11.5 Å². The number of nitrogens with zero attached hydrogens (tertiary/aromatic N) is 1. The van der Waals surface area contributed by atoms with E-state index in [2.05, 4.69) is 21.2 Å². The Morgan fingerprint density at radius 2 is 1.49 bits per heavy atom. The SMILES string of the molecule is CCOc1cc(/C=N\NC(=O)C(=O)Nc2ccc(CC)cc2)ccc1OCC(=O)Nc1ccc(C)cc1. The first-order valence-electron chi connectivity index (χ1n) is 11.9. The average molecular weight is 503 g/mol. The zero-order valence-electron chi connectivity index (χ0n) is 21.0. The zero-order valence-corrected chi connectivity index (χ0v) is 21.0. The molecule has 0 aliphatic carbocycles. The summed E-state index contributed by atoms with van der Waals surface area (Å²) in [5, 5.41) is 9.14. The highest BCUT2D eigenvalue weighted by Crippen LogP contribution is 2.28. The summed E-state index contributed by atoms with van der Waals surface area (Å²) in [5.74, 6) is -1.24. The predicted molar refractivity (Wildman–Crippen MR) is 143 cm³/mol. The lowest BCUT2D eigenvalue weighted by atomic mass is 10.1. The topological polar surface area (TPSA) is 118 Å². The molecule has 0 saturated heterocycles. The summed E-state index contributed by atoms with van der Waals surface area (Å²) in [5.41, 5.74) is 6.22. The number of carbonyl (C=O) groups excluding carboxylic acids is 3. The largest absolute Gasteiger partial charge is 0.490 e.